The molecule has 0 bridgehead atoms. The molecule has 7 nitrogen and oxygen atoms in total. The lowest BCUT2D eigenvalue weighted by Gasteiger charge is -2.11. The lowest BCUT2D eigenvalue weighted by Crippen LogP contribution is -2.10. The topological polar surface area (TPSA) is 105 Å². The molecule has 0 aliphatic heterocycles. The van der Waals surface area contributed by atoms with Crippen LogP contribution in [0.15, 0.2) is 29.6 Å². The number of carboxylic acid groups (broad SMARTS) is 1. The number of nitrogens with one attached hydrogen (secondary N) is 1. The molecule has 8 heteroatoms. The van der Waals surface area contributed by atoms with Gasteiger partial charge in [-0.15, -0.1) is 0 Å². The van der Waals surface area contributed by atoms with E-state index in [2.05, 4.69) is 15.0 Å². The van der Waals surface area contributed by atoms with Crippen molar-refractivity contribution in [3.63, 3.8) is 0 Å². The standard InChI is InChI=1S/C20H23N3O4S/c1-5-14(19(24)25)13-6-7-15-16(8-13)23-20(22-15)28(26)10-17-12(3)18(27-4)11(2)9-21-17/h6-9,14H,5,10H2,1-4H3,(H,22,23)(H,24,25). The molecular formula is C20H23N3O4S. The maximum Gasteiger partial charge on any atom is 0.310 e. The van der Waals surface area contributed by atoms with Gasteiger partial charge in [-0.1, -0.05) is 13.0 Å². The largest absolute Gasteiger partial charge is 0.496 e. The van der Waals surface area contributed by atoms with Crippen molar-refractivity contribution in [1.29, 1.82) is 0 Å². The van der Waals surface area contributed by atoms with E-state index in [0.717, 1.165) is 16.9 Å². The first-order chi connectivity index (χ1) is 13.3. The van der Waals surface area contributed by atoms with E-state index in [0.29, 0.717) is 33.9 Å². The number of hydrogen-bond donors (Lipinski definition) is 2. The number of aromatic amines is 1. The van der Waals surface area contributed by atoms with Gasteiger partial charge in [-0.2, -0.15) is 0 Å². The molecule has 2 N–H and O–H groups in total. The Balaban J connectivity index is 1.90. The third kappa shape index (κ3) is 3.77. The summed E-state index contributed by atoms with van der Waals surface area (Å²) in [5.41, 5.74) is 4.50. The smallest absolute Gasteiger partial charge is 0.310 e. The molecule has 0 saturated carbocycles. The maximum absolute atomic E-state index is 12.8. The molecule has 2 unspecified atom stereocenters. The maximum atomic E-state index is 12.8. The average molecular weight is 401 g/mol. The van der Waals surface area contributed by atoms with Gasteiger partial charge in [-0.3, -0.25) is 14.0 Å². The van der Waals surface area contributed by atoms with Gasteiger partial charge in [0.25, 0.3) is 0 Å². The number of aliphatic carboxylic acids is 1. The molecule has 2 atom stereocenters. The van der Waals surface area contributed by atoms with Crippen LogP contribution in [-0.4, -0.2) is 37.3 Å². The van der Waals surface area contributed by atoms with Crippen molar-refractivity contribution in [2.24, 2.45) is 0 Å². The van der Waals surface area contributed by atoms with Gasteiger partial charge in [-0.05, 0) is 38.0 Å². The second kappa shape index (κ2) is 8.10. The minimum Gasteiger partial charge on any atom is -0.496 e. The van der Waals surface area contributed by atoms with Crippen LogP contribution in [0, 0.1) is 13.8 Å². The Kier molecular flexibility index (Phi) is 5.79. The molecule has 1 aromatic carbocycles. The van der Waals surface area contributed by atoms with Gasteiger partial charge in [-0.25, -0.2) is 4.98 Å². The summed E-state index contributed by atoms with van der Waals surface area (Å²) in [7, 11) is 0.182. The number of rotatable bonds is 7. The molecule has 0 aliphatic rings. The predicted molar refractivity (Wildman–Crippen MR) is 107 cm³/mol. The highest BCUT2D eigenvalue weighted by atomic mass is 32.2. The van der Waals surface area contributed by atoms with Crippen molar-refractivity contribution in [3.05, 3.63) is 46.8 Å². The molecule has 3 aromatic rings. The third-order valence-corrected chi connectivity index (χ3v) is 5.99. The van der Waals surface area contributed by atoms with Crippen molar-refractivity contribution >= 4 is 27.8 Å². The van der Waals surface area contributed by atoms with E-state index >= 15 is 0 Å². The fourth-order valence-corrected chi connectivity index (χ4v) is 4.39. The summed E-state index contributed by atoms with van der Waals surface area (Å²) < 4.78 is 18.3. The van der Waals surface area contributed by atoms with Crippen LogP contribution in [0.4, 0.5) is 0 Å². The molecule has 0 spiro atoms. The second-order valence-corrected chi connectivity index (χ2v) is 8.02. The number of aryl methyl sites for hydroxylation is 1. The number of ether oxygens (including phenoxy) is 1. The predicted octanol–water partition coefficient (Wildman–Crippen LogP) is 3.47. The number of benzene rings is 1. The van der Waals surface area contributed by atoms with Crippen molar-refractivity contribution in [2.75, 3.05) is 7.11 Å². The van der Waals surface area contributed by atoms with E-state index in [4.69, 9.17) is 4.74 Å². The van der Waals surface area contributed by atoms with Crippen molar-refractivity contribution in [3.8, 4) is 5.75 Å². The fourth-order valence-electron chi connectivity index (χ4n) is 3.29. The molecular weight excluding hydrogens is 378 g/mol. The van der Waals surface area contributed by atoms with Crippen LogP contribution in [-0.2, 0) is 21.3 Å². The first-order valence-corrected chi connectivity index (χ1v) is 10.3. The number of carboxylic acids is 1. The monoisotopic (exact) mass is 401 g/mol. The Morgan fingerprint density at radius 1 is 1.36 bits per heavy atom. The lowest BCUT2D eigenvalue weighted by atomic mass is 9.96. The van der Waals surface area contributed by atoms with Gasteiger partial charge < -0.3 is 14.8 Å². The van der Waals surface area contributed by atoms with Crippen LogP contribution < -0.4 is 4.74 Å². The van der Waals surface area contributed by atoms with Crippen molar-refractivity contribution in [1.82, 2.24) is 15.0 Å². The van der Waals surface area contributed by atoms with E-state index in [1.807, 2.05) is 20.8 Å². The molecule has 28 heavy (non-hydrogen) atoms. The van der Waals surface area contributed by atoms with E-state index in [-0.39, 0.29) is 5.75 Å². The fraction of sp³-hybridized carbons (Fsp3) is 0.350. The first-order valence-electron chi connectivity index (χ1n) is 8.95. The Bertz CT molecular complexity index is 1060. The Labute approximate surface area is 165 Å². The molecule has 0 saturated heterocycles. The van der Waals surface area contributed by atoms with Crippen LogP contribution in [0.3, 0.4) is 0 Å². The molecule has 0 fully saturated rings. The summed E-state index contributed by atoms with van der Waals surface area (Å²) in [4.78, 5) is 23.3. The van der Waals surface area contributed by atoms with Gasteiger partial charge >= 0.3 is 5.97 Å². The average Bonchev–Trinajstić information content (AvgIpc) is 3.08. The van der Waals surface area contributed by atoms with Gasteiger partial charge in [0, 0.05) is 17.3 Å². The zero-order valence-corrected chi connectivity index (χ0v) is 17.1. The number of hydrogen-bond acceptors (Lipinski definition) is 5. The third-order valence-electron chi connectivity index (χ3n) is 4.83. The quantitative estimate of drug-likeness (QED) is 0.628. The highest BCUT2D eigenvalue weighted by Crippen LogP contribution is 2.27. The van der Waals surface area contributed by atoms with E-state index in [9.17, 15) is 14.1 Å². The van der Waals surface area contributed by atoms with Crippen LogP contribution in [0.2, 0.25) is 0 Å². The number of methoxy groups -OCH3 is 1. The normalized spacial score (nSPS) is 13.4. The summed E-state index contributed by atoms with van der Waals surface area (Å²) in [6.07, 6.45) is 2.20. The number of imidazole rings is 1. The summed E-state index contributed by atoms with van der Waals surface area (Å²) >= 11 is 0. The highest BCUT2D eigenvalue weighted by molar-refractivity contribution is 7.84. The SMILES string of the molecule is CCC(C(=O)O)c1ccc2nc(S(=O)Cc3ncc(C)c(OC)c3C)[nH]c2c1. The molecule has 2 heterocycles. The van der Waals surface area contributed by atoms with Gasteiger partial charge in [0.2, 0.25) is 0 Å². The summed E-state index contributed by atoms with van der Waals surface area (Å²) in [5, 5.41) is 9.70. The Morgan fingerprint density at radius 3 is 2.75 bits per heavy atom. The zero-order valence-electron chi connectivity index (χ0n) is 16.3. The molecule has 0 aliphatic carbocycles. The lowest BCUT2D eigenvalue weighted by molar-refractivity contribution is -0.138. The second-order valence-electron chi connectivity index (χ2n) is 6.65. The van der Waals surface area contributed by atoms with Gasteiger partial charge in [0.05, 0.1) is 46.3 Å². The number of aromatic nitrogens is 3. The van der Waals surface area contributed by atoms with E-state index in [1.54, 1.807) is 31.5 Å². The van der Waals surface area contributed by atoms with Crippen LogP contribution >= 0.6 is 0 Å². The van der Waals surface area contributed by atoms with Crippen molar-refractivity contribution < 1.29 is 18.8 Å². The molecule has 148 valence electrons. The number of H-pyrrole nitrogens is 1. The molecule has 0 radical (unpaired) electrons. The Morgan fingerprint density at radius 2 is 2.11 bits per heavy atom. The van der Waals surface area contributed by atoms with E-state index in [1.165, 1.54) is 0 Å². The van der Waals surface area contributed by atoms with Gasteiger partial charge in [0.1, 0.15) is 5.75 Å². The summed E-state index contributed by atoms with van der Waals surface area (Å²) in [6.45, 7) is 5.64. The molecule has 2 aromatic heterocycles. The van der Waals surface area contributed by atoms with Gasteiger partial charge in [0.15, 0.2) is 5.16 Å². The number of fused-ring (bicyclic) bond motifs is 1. The molecule has 0 amide bonds. The minimum atomic E-state index is -1.42. The molecule has 3 rings (SSSR count). The summed E-state index contributed by atoms with van der Waals surface area (Å²) in [5.74, 6) is -0.480. The van der Waals surface area contributed by atoms with Crippen molar-refractivity contribution in [2.45, 2.75) is 44.0 Å². The Hall–Kier alpha value is -2.74. The van der Waals surface area contributed by atoms with Crippen LogP contribution in [0.25, 0.3) is 11.0 Å². The number of pyridine rings is 1. The summed E-state index contributed by atoms with van der Waals surface area (Å²) in [6, 6.07) is 5.28. The van der Waals surface area contributed by atoms with E-state index < -0.39 is 22.7 Å². The zero-order chi connectivity index (χ0) is 20.4. The first kappa shape index (κ1) is 20.0. The number of nitrogens with zero attached hydrogens (tertiary/aromatic N) is 2. The van der Waals surface area contributed by atoms with Crippen LogP contribution in [0.5, 0.6) is 5.75 Å². The highest BCUT2D eigenvalue weighted by Gasteiger charge is 2.20. The number of carbonyl (C=O) groups is 1. The minimum absolute atomic E-state index is 0.210. The van der Waals surface area contributed by atoms with Crippen LogP contribution in [0.1, 0.15) is 41.6 Å².